The molecule has 9 heteroatoms. The van der Waals surface area contributed by atoms with E-state index in [1.165, 1.54) is 0 Å². The Morgan fingerprint density at radius 1 is 1.36 bits per heavy atom. The normalized spacial score (nSPS) is 12.4. The number of hydrogen-bond acceptors (Lipinski definition) is 4. The number of primary amides is 1. The average Bonchev–Trinajstić information content (AvgIpc) is 2.02. The van der Waals surface area contributed by atoms with Crippen molar-refractivity contribution in [1.82, 2.24) is 0 Å². The number of carbonyl (C=O) groups excluding carboxylic acids is 1. The fourth-order valence-corrected chi connectivity index (χ4v) is 0.0900. The van der Waals surface area contributed by atoms with Gasteiger partial charge in [-0.2, -0.15) is 13.2 Å². The van der Waals surface area contributed by atoms with E-state index in [-0.39, 0.29) is 6.61 Å². The number of aliphatic hydroxyl groups is 1. The van der Waals surface area contributed by atoms with Gasteiger partial charge in [0, 0.05) is 0 Å². The van der Waals surface area contributed by atoms with Crippen molar-refractivity contribution in [2.45, 2.75) is 12.2 Å². The van der Waals surface area contributed by atoms with Crippen molar-refractivity contribution in [3.8, 4) is 0 Å². The number of aliphatic hydroxyl groups excluding tert-OH is 1. The summed E-state index contributed by atoms with van der Waals surface area (Å²) >= 11 is 0. The summed E-state index contributed by atoms with van der Waals surface area (Å²) in [5, 5.41) is 15.2. The van der Waals surface area contributed by atoms with Crippen LogP contribution < -0.4 is 11.5 Å². The molecule has 6 nitrogen and oxygen atoms in total. The monoisotopic (exact) mass is 218 g/mol. The molecule has 1 amide bonds. The summed E-state index contributed by atoms with van der Waals surface area (Å²) in [6.07, 6.45) is -5.08. The standard InChI is InChI=1S/C3H8N2O2.C2HF3O2/c4-2(1-6)3(5)7;3-2(4,5)1(6)7/h2,6H,1,4H2,(H2,5,7);(H,6,7)/t2-;/m0./s1. The zero-order valence-electron chi connectivity index (χ0n) is 6.78. The minimum Gasteiger partial charge on any atom is -0.475 e. The first kappa shape index (κ1) is 15.1. The Bertz CT molecular complexity index is 206. The maximum Gasteiger partial charge on any atom is 0.490 e. The lowest BCUT2D eigenvalue weighted by Crippen LogP contribution is -2.39. The second-order valence-corrected chi connectivity index (χ2v) is 1.99. The molecule has 0 saturated carbocycles. The van der Waals surface area contributed by atoms with Crippen LogP contribution in [-0.2, 0) is 9.59 Å². The zero-order valence-corrected chi connectivity index (χ0v) is 6.78. The highest BCUT2D eigenvalue weighted by atomic mass is 19.4. The third-order valence-corrected chi connectivity index (χ3v) is 0.805. The van der Waals surface area contributed by atoms with Gasteiger partial charge in [-0.3, -0.25) is 4.79 Å². The number of alkyl halides is 3. The van der Waals surface area contributed by atoms with Crippen LogP contribution in [0.15, 0.2) is 0 Å². The Morgan fingerprint density at radius 2 is 1.64 bits per heavy atom. The van der Waals surface area contributed by atoms with Gasteiger partial charge < -0.3 is 21.7 Å². The maximum atomic E-state index is 10.6. The van der Waals surface area contributed by atoms with Crippen molar-refractivity contribution in [2.24, 2.45) is 11.5 Å². The second kappa shape index (κ2) is 6.16. The number of hydrogen-bond donors (Lipinski definition) is 4. The molecule has 0 saturated heterocycles. The number of halogens is 3. The van der Waals surface area contributed by atoms with Crippen molar-refractivity contribution in [3.63, 3.8) is 0 Å². The summed E-state index contributed by atoms with van der Waals surface area (Å²) in [6.45, 7) is -0.380. The maximum absolute atomic E-state index is 10.6. The van der Waals surface area contributed by atoms with Crippen molar-refractivity contribution < 1.29 is 33.0 Å². The average molecular weight is 218 g/mol. The number of rotatable bonds is 2. The van der Waals surface area contributed by atoms with Crippen LogP contribution in [0.5, 0.6) is 0 Å². The lowest BCUT2D eigenvalue weighted by atomic mass is 10.3. The molecule has 1 atom stereocenters. The van der Waals surface area contributed by atoms with Crippen molar-refractivity contribution in [3.05, 3.63) is 0 Å². The van der Waals surface area contributed by atoms with Gasteiger partial charge in [0.05, 0.1) is 6.61 Å². The Hall–Kier alpha value is -1.35. The van der Waals surface area contributed by atoms with Crippen molar-refractivity contribution in [2.75, 3.05) is 6.61 Å². The molecule has 0 aliphatic heterocycles. The summed E-state index contributed by atoms with van der Waals surface area (Å²) < 4.78 is 31.7. The lowest BCUT2D eigenvalue weighted by molar-refractivity contribution is -0.192. The van der Waals surface area contributed by atoms with Crippen LogP contribution in [0.2, 0.25) is 0 Å². The van der Waals surface area contributed by atoms with E-state index in [9.17, 15) is 18.0 Å². The van der Waals surface area contributed by atoms with Crippen molar-refractivity contribution in [1.29, 1.82) is 0 Å². The summed E-state index contributed by atoms with van der Waals surface area (Å²) in [7, 11) is 0. The quantitative estimate of drug-likeness (QED) is 0.445. The molecule has 0 rings (SSSR count). The Morgan fingerprint density at radius 3 is 1.64 bits per heavy atom. The molecule has 0 unspecified atom stereocenters. The Balaban J connectivity index is 0. The molecule has 0 radical (unpaired) electrons. The lowest BCUT2D eigenvalue weighted by Gasteiger charge is -1.97. The first-order valence-corrected chi connectivity index (χ1v) is 3.08. The topological polar surface area (TPSA) is 127 Å². The van der Waals surface area contributed by atoms with E-state index < -0.39 is 24.1 Å². The predicted octanol–water partition coefficient (Wildman–Crippen LogP) is -1.58. The van der Waals surface area contributed by atoms with Gasteiger partial charge in [-0.1, -0.05) is 0 Å². The van der Waals surface area contributed by atoms with Gasteiger partial charge >= 0.3 is 12.1 Å². The third-order valence-electron chi connectivity index (χ3n) is 0.805. The highest BCUT2D eigenvalue weighted by molar-refractivity contribution is 5.79. The number of aliphatic carboxylic acids is 1. The van der Waals surface area contributed by atoms with Gasteiger partial charge in [-0.25, -0.2) is 4.79 Å². The SMILES string of the molecule is NC(=O)[C@@H](N)CO.O=C(O)C(F)(F)F. The highest BCUT2D eigenvalue weighted by Gasteiger charge is 2.38. The van der Waals surface area contributed by atoms with E-state index in [0.717, 1.165) is 0 Å². The molecule has 6 N–H and O–H groups in total. The van der Waals surface area contributed by atoms with Gasteiger partial charge in [-0.15, -0.1) is 0 Å². The number of carboxylic acids is 1. The third kappa shape index (κ3) is 8.74. The number of carbonyl (C=O) groups is 2. The molecule has 0 spiro atoms. The summed E-state index contributed by atoms with van der Waals surface area (Å²) in [4.78, 5) is 18.8. The molecular formula is C5H9F3N2O4. The number of carboxylic acid groups (broad SMARTS) is 1. The first-order valence-electron chi connectivity index (χ1n) is 3.08. The molecule has 14 heavy (non-hydrogen) atoms. The van der Waals surface area contributed by atoms with Crippen LogP contribution in [0, 0.1) is 0 Å². The van der Waals surface area contributed by atoms with E-state index >= 15 is 0 Å². The van der Waals surface area contributed by atoms with E-state index in [1.807, 2.05) is 0 Å². The fraction of sp³-hybridized carbons (Fsp3) is 0.600. The van der Waals surface area contributed by atoms with E-state index in [2.05, 4.69) is 5.73 Å². The Labute approximate surface area is 76.3 Å². The molecule has 84 valence electrons. The van der Waals surface area contributed by atoms with Gasteiger partial charge in [-0.05, 0) is 0 Å². The molecular weight excluding hydrogens is 209 g/mol. The number of nitrogens with two attached hydrogens (primary N) is 2. The summed E-state index contributed by atoms with van der Waals surface area (Å²) in [6, 6.07) is -0.903. The van der Waals surface area contributed by atoms with Crippen LogP contribution in [0.3, 0.4) is 0 Å². The smallest absolute Gasteiger partial charge is 0.475 e. The molecule has 0 aromatic rings. The van der Waals surface area contributed by atoms with E-state index in [1.54, 1.807) is 0 Å². The molecule has 0 heterocycles. The van der Waals surface area contributed by atoms with Crippen LogP contribution in [0.4, 0.5) is 13.2 Å². The zero-order chi connectivity index (χ0) is 11.9. The predicted molar refractivity (Wildman–Crippen MR) is 37.9 cm³/mol. The molecule has 0 aromatic heterocycles. The first-order chi connectivity index (χ1) is 6.12. The van der Waals surface area contributed by atoms with Crippen LogP contribution >= 0.6 is 0 Å². The van der Waals surface area contributed by atoms with Crippen LogP contribution in [0.25, 0.3) is 0 Å². The number of amides is 1. The largest absolute Gasteiger partial charge is 0.490 e. The molecule has 0 aliphatic rings. The van der Waals surface area contributed by atoms with Gasteiger partial charge in [0.15, 0.2) is 0 Å². The van der Waals surface area contributed by atoms with E-state index in [4.69, 9.17) is 20.7 Å². The highest BCUT2D eigenvalue weighted by Crippen LogP contribution is 2.13. The minimum atomic E-state index is -5.08. The molecule has 0 bridgehead atoms. The fourth-order valence-electron chi connectivity index (χ4n) is 0.0900. The molecule has 0 aliphatic carbocycles. The molecule has 0 fully saturated rings. The van der Waals surface area contributed by atoms with Gasteiger partial charge in [0.2, 0.25) is 5.91 Å². The summed E-state index contributed by atoms with van der Waals surface area (Å²) in [5.41, 5.74) is 9.51. The van der Waals surface area contributed by atoms with E-state index in [0.29, 0.717) is 0 Å². The van der Waals surface area contributed by atoms with Crippen LogP contribution in [-0.4, -0.2) is 40.9 Å². The Kier molecular flexibility index (Phi) is 6.66. The summed E-state index contributed by atoms with van der Waals surface area (Å²) in [5.74, 6) is -3.44. The van der Waals surface area contributed by atoms with Crippen molar-refractivity contribution >= 4 is 11.9 Å². The van der Waals surface area contributed by atoms with Gasteiger partial charge in [0.1, 0.15) is 6.04 Å². The minimum absolute atomic E-state index is 0.380. The second-order valence-electron chi connectivity index (χ2n) is 1.99. The van der Waals surface area contributed by atoms with Crippen LogP contribution in [0.1, 0.15) is 0 Å². The van der Waals surface area contributed by atoms with Gasteiger partial charge in [0.25, 0.3) is 0 Å². The molecule has 0 aromatic carbocycles.